The van der Waals surface area contributed by atoms with Crippen LogP contribution in [0.2, 0.25) is 0 Å². The first-order valence-corrected chi connectivity index (χ1v) is 7.39. The van der Waals surface area contributed by atoms with Gasteiger partial charge in [0.25, 0.3) is 0 Å². The van der Waals surface area contributed by atoms with Crippen LogP contribution in [0, 0.1) is 0 Å². The lowest BCUT2D eigenvalue weighted by Crippen LogP contribution is -2.60. The summed E-state index contributed by atoms with van der Waals surface area (Å²) in [6, 6.07) is 8.13. The number of carbonyl (C=O) groups is 1. The molecular formula is C14H20BrN3O. The van der Waals surface area contributed by atoms with Crippen LogP contribution in [0.4, 0.5) is 5.69 Å². The number of hydrogen-bond donors (Lipinski definition) is 2. The van der Waals surface area contributed by atoms with Crippen LogP contribution >= 0.6 is 15.9 Å². The number of piperazine rings is 1. The minimum Gasteiger partial charge on any atom is -0.357 e. The van der Waals surface area contributed by atoms with Crippen LogP contribution in [0.15, 0.2) is 28.7 Å². The summed E-state index contributed by atoms with van der Waals surface area (Å²) in [6.45, 7) is 3.70. The first-order valence-electron chi connectivity index (χ1n) is 6.59. The summed E-state index contributed by atoms with van der Waals surface area (Å²) in [6.07, 6.45) is 0.802. The molecule has 0 radical (unpaired) electrons. The van der Waals surface area contributed by atoms with E-state index in [4.69, 9.17) is 0 Å². The predicted molar refractivity (Wildman–Crippen MR) is 81.4 cm³/mol. The summed E-state index contributed by atoms with van der Waals surface area (Å²) < 4.78 is 1.03. The topological polar surface area (TPSA) is 44.4 Å². The Morgan fingerprint density at radius 2 is 2.21 bits per heavy atom. The number of halogens is 1. The molecule has 1 aromatic rings. The van der Waals surface area contributed by atoms with Crippen LogP contribution in [0.25, 0.3) is 0 Å². The maximum atomic E-state index is 12.2. The molecule has 0 aromatic heterocycles. The van der Waals surface area contributed by atoms with Crippen molar-refractivity contribution in [3.05, 3.63) is 28.7 Å². The van der Waals surface area contributed by atoms with Crippen LogP contribution < -0.4 is 15.5 Å². The lowest BCUT2D eigenvalue weighted by Gasteiger charge is -2.40. The highest BCUT2D eigenvalue weighted by Gasteiger charge is 2.33. The van der Waals surface area contributed by atoms with Crippen molar-refractivity contribution < 1.29 is 4.79 Å². The molecule has 2 atom stereocenters. The maximum Gasteiger partial charge on any atom is 0.243 e. The van der Waals surface area contributed by atoms with E-state index in [1.165, 1.54) is 0 Å². The number of nitrogens with one attached hydrogen (secondary N) is 2. The molecule has 1 heterocycles. The van der Waals surface area contributed by atoms with Crippen molar-refractivity contribution in [3.63, 3.8) is 0 Å². The Bertz CT molecular complexity index is 452. The van der Waals surface area contributed by atoms with Crippen molar-refractivity contribution in [1.29, 1.82) is 0 Å². The molecule has 1 saturated heterocycles. The average molecular weight is 326 g/mol. The zero-order chi connectivity index (χ0) is 13.8. The smallest absolute Gasteiger partial charge is 0.243 e. The van der Waals surface area contributed by atoms with Gasteiger partial charge in [0.1, 0.15) is 6.04 Å². The summed E-state index contributed by atoms with van der Waals surface area (Å²) in [5, 5.41) is 6.15. The normalized spacial score (nSPS) is 23.3. The number of para-hydroxylation sites is 1. The van der Waals surface area contributed by atoms with Crippen molar-refractivity contribution in [1.82, 2.24) is 10.6 Å². The fourth-order valence-electron chi connectivity index (χ4n) is 2.47. The second-order valence-electron chi connectivity index (χ2n) is 4.92. The number of benzene rings is 1. The summed E-state index contributed by atoms with van der Waals surface area (Å²) in [5.41, 5.74) is 1.09. The highest BCUT2D eigenvalue weighted by molar-refractivity contribution is 9.10. The van der Waals surface area contributed by atoms with E-state index in [1.54, 1.807) is 0 Å². The highest BCUT2D eigenvalue weighted by Crippen LogP contribution is 2.29. The molecule has 2 unspecified atom stereocenters. The molecule has 0 aliphatic carbocycles. The molecule has 0 spiro atoms. The Hall–Kier alpha value is -1.07. The van der Waals surface area contributed by atoms with Gasteiger partial charge in [0.05, 0.1) is 5.69 Å². The van der Waals surface area contributed by atoms with Crippen LogP contribution in [0.1, 0.15) is 13.3 Å². The molecule has 5 heteroatoms. The Kier molecular flexibility index (Phi) is 4.82. The molecule has 0 saturated carbocycles. The van der Waals surface area contributed by atoms with Gasteiger partial charge in [-0.2, -0.15) is 0 Å². The molecule has 19 heavy (non-hydrogen) atoms. The molecule has 0 bridgehead atoms. The Labute approximate surface area is 122 Å². The maximum absolute atomic E-state index is 12.2. The zero-order valence-corrected chi connectivity index (χ0v) is 12.9. The molecule has 1 fully saturated rings. The van der Waals surface area contributed by atoms with Crippen molar-refractivity contribution in [3.8, 4) is 0 Å². The first kappa shape index (κ1) is 14.3. The van der Waals surface area contributed by atoms with Gasteiger partial charge in [-0.25, -0.2) is 0 Å². The van der Waals surface area contributed by atoms with E-state index < -0.39 is 0 Å². The molecule has 1 aliphatic heterocycles. The number of rotatable bonds is 4. The largest absolute Gasteiger partial charge is 0.357 e. The van der Waals surface area contributed by atoms with E-state index in [-0.39, 0.29) is 18.0 Å². The van der Waals surface area contributed by atoms with E-state index in [1.807, 2.05) is 32.2 Å². The van der Waals surface area contributed by atoms with E-state index in [2.05, 4.69) is 37.5 Å². The summed E-state index contributed by atoms with van der Waals surface area (Å²) in [7, 11) is 1.91. The van der Waals surface area contributed by atoms with Crippen molar-refractivity contribution in [2.24, 2.45) is 0 Å². The number of amides is 1. The van der Waals surface area contributed by atoms with Gasteiger partial charge in [-0.1, -0.05) is 12.1 Å². The van der Waals surface area contributed by atoms with Crippen molar-refractivity contribution >= 4 is 27.5 Å². The van der Waals surface area contributed by atoms with Gasteiger partial charge in [0.15, 0.2) is 0 Å². The molecule has 2 N–H and O–H groups in total. The van der Waals surface area contributed by atoms with Gasteiger partial charge < -0.3 is 15.5 Å². The Morgan fingerprint density at radius 3 is 2.89 bits per heavy atom. The number of nitrogens with zero attached hydrogens (tertiary/aromatic N) is 1. The number of hydrogen-bond acceptors (Lipinski definition) is 3. The second kappa shape index (κ2) is 6.39. The number of anilines is 1. The van der Waals surface area contributed by atoms with Gasteiger partial charge in [-0.15, -0.1) is 0 Å². The molecule has 1 aliphatic rings. The Morgan fingerprint density at radius 1 is 1.47 bits per heavy atom. The van der Waals surface area contributed by atoms with Crippen molar-refractivity contribution in [2.75, 3.05) is 25.0 Å². The van der Waals surface area contributed by atoms with Gasteiger partial charge in [0, 0.05) is 17.1 Å². The van der Waals surface area contributed by atoms with Crippen molar-refractivity contribution in [2.45, 2.75) is 25.4 Å². The summed E-state index contributed by atoms with van der Waals surface area (Å²) in [4.78, 5) is 14.4. The molecule has 4 nitrogen and oxygen atoms in total. The monoisotopic (exact) mass is 325 g/mol. The summed E-state index contributed by atoms with van der Waals surface area (Å²) >= 11 is 3.58. The van der Waals surface area contributed by atoms with Crippen LogP contribution in [-0.2, 0) is 4.79 Å². The van der Waals surface area contributed by atoms with E-state index in [0.717, 1.165) is 29.7 Å². The SMILES string of the molecule is CNCCC1C(=O)NC(C)CN1c1ccccc1Br. The minimum atomic E-state index is -0.109. The zero-order valence-electron chi connectivity index (χ0n) is 11.3. The predicted octanol–water partition coefficient (Wildman–Crippen LogP) is 1.75. The fraction of sp³-hybridized carbons (Fsp3) is 0.500. The molecular weight excluding hydrogens is 306 g/mol. The van der Waals surface area contributed by atoms with E-state index >= 15 is 0 Å². The highest BCUT2D eigenvalue weighted by atomic mass is 79.9. The fourth-order valence-corrected chi connectivity index (χ4v) is 2.98. The van der Waals surface area contributed by atoms with Crippen LogP contribution in [-0.4, -0.2) is 38.1 Å². The van der Waals surface area contributed by atoms with Gasteiger partial charge >= 0.3 is 0 Å². The van der Waals surface area contributed by atoms with Gasteiger partial charge in [0.2, 0.25) is 5.91 Å². The van der Waals surface area contributed by atoms with Gasteiger partial charge in [-0.3, -0.25) is 4.79 Å². The Balaban J connectivity index is 2.27. The molecule has 1 amide bonds. The lowest BCUT2D eigenvalue weighted by atomic mass is 10.0. The summed E-state index contributed by atoms with van der Waals surface area (Å²) in [5.74, 6) is 0.116. The molecule has 1 aromatic carbocycles. The minimum absolute atomic E-state index is 0.109. The quantitative estimate of drug-likeness (QED) is 0.886. The molecule has 104 valence electrons. The molecule has 2 rings (SSSR count). The lowest BCUT2D eigenvalue weighted by molar-refractivity contribution is -0.124. The van der Waals surface area contributed by atoms with Crippen LogP contribution in [0.3, 0.4) is 0 Å². The van der Waals surface area contributed by atoms with E-state index in [0.29, 0.717) is 0 Å². The van der Waals surface area contributed by atoms with E-state index in [9.17, 15) is 4.79 Å². The van der Waals surface area contributed by atoms with Gasteiger partial charge in [-0.05, 0) is 55.0 Å². The first-order chi connectivity index (χ1) is 9.13. The number of carbonyl (C=O) groups excluding carboxylic acids is 1. The third-order valence-electron chi connectivity index (χ3n) is 3.37. The third-order valence-corrected chi connectivity index (χ3v) is 4.04. The third kappa shape index (κ3) is 3.28. The average Bonchev–Trinajstić information content (AvgIpc) is 2.37. The van der Waals surface area contributed by atoms with Crippen LogP contribution in [0.5, 0.6) is 0 Å². The standard InChI is InChI=1S/C14H20BrN3O/c1-10-9-18(12-6-4-3-5-11(12)15)13(7-8-16-2)14(19)17-10/h3-6,10,13,16H,7-9H2,1-2H3,(H,17,19). The second-order valence-corrected chi connectivity index (χ2v) is 5.78.